The monoisotopic (exact) mass is 402 g/mol. The van der Waals surface area contributed by atoms with Crippen LogP contribution in [0.25, 0.3) is 33.3 Å². The van der Waals surface area contributed by atoms with Gasteiger partial charge >= 0.3 is 0 Å². The highest BCUT2D eigenvalue weighted by atomic mass is 16.5. The lowest BCUT2D eigenvalue weighted by molar-refractivity contribution is 0.393. The molecule has 7 heteroatoms. The van der Waals surface area contributed by atoms with Gasteiger partial charge in [0.05, 0.1) is 5.69 Å². The summed E-state index contributed by atoms with van der Waals surface area (Å²) in [4.78, 5) is 9.43. The number of nitrogens with one attached hydrogen (secondary N) is 2. The van der Waals surface area contributed by atoms with Crippen molar-refractivity contribution in [1.82, 2.24) is 25.0 Å². The predicted octanol–water partition coefficient (Wildman–Crippen LogP) is 4.07. The minimum Gasteiger partial charge on any atom is -0.361 e. The lowest BCUT2D eigenvalue weighted by Crippen LogP contribution is -2.35. The van der Waals surface area contributed by atoms with Crippen LogP contribution in [0.3, 0.4) is 0 Å². The summed E-state index contributed by atoms with van der Waals surface area (Å²) in [7, 11) is 2.03. The highest BCUT2D eigenvalue weighted by Gasteiger charge is 2.17. The molecule has 0 atom stereocenters. The van der Waals surface area contributed by atoms with Gasteiger partial charge < -0.3 is 19.7 Å². The van der Waals surface area contributed by atoms with E-state index in [-0.39, 0.29) is 0 Å². The van der Waals surface area contributed by atoms with E-state index in [1.54, 1.807) is 0 Å². The van der Waals surface area contributed by atoms with Gasteiger partial charge in [-0.1, -0.05) is 23.4 Å². The zero-order chi connectivity index (χ0) is 20.7. The Morgan fingerprint density at radius 3 is 2.73 bits per heavy atom. The van der Waals surface area contributed by atoms with Gasteiger partial charge in [-0.05, 0) is 57.0 Å². The SMILES string of the molecule is Cc1noc(C)c1-c1cccc(-c2cn(C)c3nc(NC4CCNCC4)ncc23)c1. The zero-order valence-electron chi connectivity index (χ0n) is 17.6. The first-order valence-corrected chi connectivity index (χ1v) is 10.4. The molecular formula is C23H26N6O. The minimum atomic E-state index is 0.426. The first-order chi connectivity index (χ1) is 14.6. The van der Waals surface area contributed by atoms with Crippen LogP contribution in [0.4, 0.5) is 5.95 Å². The molecule has 7 nitrogen and oxygen atoms in total. The number of fused-ring (bicyclic) bond motifs is 1. The standard InChI is InChI=1S/C23H26N6O/c1-14-21(15(2)30-28-14)17-6-4-5-16(11-17)20-13-29(3)22-19(20)12-25-23(27-22)26-18-7-9-24-10-8-18/h4-6,11-13,18,24H,7-10H2,1-3H3,(H,25,26,27). The van der Waals surface area contributed by atoms with Crippen molar-refractivity contribution in [3.63, 3.8) is 0 Å². The van der Waals surface area contributed by atoms with Gasteiger partial charge in [0.1, 0.15) is 11.4 Å². The van der Waals surface area contributed by atoms with Crippen LogP contribution in [0.15, 0.2) is 41.2 Å². The Balaban J connectivity index is 1.51. The maximum atomic E-state index is 5.36. The fourth-order valence-corrected chi connectivity index (χ4v) is 4.34. The van der Waals surface area contributed by atoms with Gasteiger partial charge in [-0.3, -0.25) is 0 Å². The number of hydrogen-bond acceptors (Lipinski definition) is 6. The Labute approximate surface area is 175 Å². The Morgan fingerprint density at radius 2 is 1.97 bits per heavy atom. The third-order valence-electron chi connectivity index (χ3n) is 5.88. The summed E-state index contributed by atoms with van der Waals surface area (Å²) < 4.78 is 7.43. The van der Waals surface area contributed by atoms with Crippen LogP contribution in [0.2, 0.25) is 0 Å². The Morgan fingerprint density at radius 1 is 1.17 bits per heavy atom. The van der Waals surface area contributed by atoms with Gasteiger partial charge in [0.25, 0.3) is 0 Å². The molecule has 1 aliphatic rings. The number of anilines is 1. The molecule has 1 aromatic carbocycles. The number of aryl methyl sites for hydroxylation is 3. The molecule has 4 heterocycles. The van der Waals surface area contributed by atoms with Crippen molar-refractivity contribution in [3.8, 4) is 22.3 Å². The minimum absolute atomic E-state index is 0.426. The predicted molar refractivity (Wildman–Crippen MR) is 118 cm³/mol. The van der Waals surface area contributed by atoms with Crippen LogP contribution < -0.4 is 10.6 Å². The molecule has 0 radical (unpaired) electrons. The van der Waals surface area contributed by atoms with E-state index in [0.29, 0.717) is 12.0 Å². The van der Waals surface area contributed by atoms with E-state index in [4.69, 9.17) is 9.51 Å². The highest BCUT2D eigenvalue weighted by molar-refractivity contribution is 5.95. The number of hydrogen-bond donors (Lipinski definition) is 2. The number of aromatic nitrogens is 4. The molecule has 1 aliphatic heterocycles. The molecule has 0 spiro atoms. The Kier molecular flexibility index (Phi) is 4.75. The summed E-state index contributed by atoms with van der Waals surface area (Å²) in [6.07, 6.45) is 6.24. The fraction of sp³-hybridized carbons (Fsp3) is 0.348. The molecule has 2 N–H and O–H groups in total. The molecule has 0 unspecified atom stereocenters. The van der Waals surface area contributed by atoms with Crippen molar-refractivity contribution >= 4 is 17.0 Å². The largest absolute Gasteiger partial charge is 0.361 e. The second-order valence-corrected chi connectivity index (χ2v) is 8.03. The molecule has 0 amide bonds. The van der Waals surface area contributed by atoms with Crippen molar-refractivity contribution < 1.29 is 4.52 Å². The normalized spacial score (nSPS) is 15.0. The third-order valence-corrected chi connectivity index (χ3v) is 5.88. The molecule has 3 aromatic heterocycles. The quantitative estimate of drug-likeness (QED) is 0.536. The van der Waals surface area contributed by atoms with Gasteiger partial charge in [-0.15, -0.1) is 0 Å². The van der Waals surface area contributed by atoms with Gasteiger partial charge in [-0.25, -0.2) is 4.98 Å². The number of piperidine rings is 1. The Bertz CT molecular complexity index is 1180. The topological polar surface area (TPSA) is 80.8 Å². The van der Waals surface area contributed by atoms with Crippen molar-refractivity contribution in [3.05, 3.63) is 48.1 Å². The molecular weight excluding hydrogens is 376 g/mol. The van der Waals surface area contributed by atoms with E-state index in [1.165, 1.54) is 0 Å². The third kappa shape index (κ3) is 3.35. The van der Waals surface area contributed by atoms with Gasteiger partial charge in [0.2, 0.25) is 5.95 Å². The average molecular weight is 403 g/mol. The van der Waals surface area contributed by atoms with Crippen LogP contribution >= 0.6 is 0 Å². The molecule has 5 rings (SSSR count). The van der Waals surface area contributed by atoms with Crippen LogP contribution in [0, 0.1) is 13.8 Å². The summed E-state index contributed by atoms with van der Waals surface area (Å²) in [5, 5.41) is 12.0. The first-order valence-electron chi connectivity index (χ1n) is 10.4. The van der Waals surface area contributed by atoms with Gasteiger partial charge in [0.15, 0.2) is 0 Å². The van der Waals surface area contributed by atoms with Crippen LogP contribution in [0.1, 0.15) is 24.3 Å². The summed E-state index contributed by atoms with van der Waals surface area (Å²) >= 11 is 0. The summed E-state index contributed by atoms with van der Waals surface area (Å²) in [6.45, 7) is 6.00. The molecule has 0 saturated carbocycles. The summed E-state index contributed by atoms with van der Waals surface area (Å²) in [5.74, 6) is 1.53. The number of rotatable bonds is 4. The van der Waals surface area contributed by atoms with Gasteiger partial charge in [0, 0.05) is 42.0 Å². The maximum absolute atomic E-state index is 5.36. The van der Waals surface area contributed by atoms with E-state index in [2.05, 4.69) is 55.8 Å². The molecule has 0 bridgehead atoms. The smallest absolute Gasteiger partial charge is 0.224 e. The van der Waals surface area contributed by atoms with E-state index >= 15 is 0 Å². The van der Waals surface area contributed by atoms with Crippen molar-refractivity contribution in [2.75, 3.05) is 18.4 Å². The average Bonchev–Trinajstić information content (AvgIpc) is 3.27. The molecule has 154 valence electrons. The molecule has 1 fully saturated rings. The lowest BCUT2D eigenvalue weighted by atomic mass is 9.98. The van der Waals surface area contributed by atoms with Crippen LogP contribution in [0.5, 0.6) is 0 Å². The molecule has 30 heavy (non-hydrogen) atoms. The number of benzene rings is 1. The first kappa shape index (κ1) is 18.8. The van der Waals surface area contributed by atoms with Crippen molar-refractivity contribution in [1.29, 1.82) is 0 Å². The molecule has 4 aromatic rings. The zero-order valence-corrected chi connectivity index (χ0v) is 17.6. The maximum Gasteiger partial charge on any atom is 0.224 e. The lowest BCUT2D eigenvalue weighted by Gasteiger charge is -2.23. The molecule has 1 saturated heterocycles. The summed E-state index contributed by atoms with van der Waals surface area (Å²) in [6, 6.07) is 8.90. The van der Waals surface area contributed by atoms with E-state index in [1.807, 2.05) is 27.1 Å². The van der Waals surface area contributed by atoms with Crippen molar-refractivity contribution in [2.45, 2.75) is 32.7 Å². The number of nitrogens with zero attached hydrogens (tertiary/aromatic N) is 4. The van der Waals surface area contributed by atoms with Gasteiger partial charge in [-0.2, -0.15) is 4.98 Å². The fourth-order valence-electron chi connectivity index (χ4n) is 4.34. The summed E-state index contributed by atoms with van der Waals surface area (Å²) in [5.41, 5.74) is 6.24. The van der Waals surface area contributed by atoms with Crippen LogP contribution in [-0.2, 0) is 7.05 Å². The Hall–Kier alpha value is -3.19. The second kappa shape index (κ2) is 7.57. The second-order valence-electron chi connectivity index (χ2n) is 8.03. The highest BCUT2D eigenvalue weighted by Crippen LogP contribution is 2.34. The van der Waals surface area contributed by atoms with E-state index in [9.17, 15) is 0 Å². The van der Waals surface area contributed by atoms with E-state index in [0.717, 1.165) is 70.7 Å². The van der Waals surface area contributed by atoms with Crippen molar-refractivity contribution in [2.24, 2.45) is 7.05 Å². The van der Waals surface area contributed by atoms with E-state index < -0.39 is 0 Å². The van der Waals surface area contributed by atoms with Crippen LogP contribution in [-0.4, -0.2) is 38.8 Å². The molecule has 0 aliphatic carbocycles.